The lowest BCUT2D eigenvalue weighted by molar-refractivity contribution is -0.568. The average molecular weight is 218 g/mol. The summed E-state index contributed by atoms with van der Waals surface area (Å²) in [5.74, 6) is -0.814. The van der Waals surface area contributed by atoms with Gasteiger partial charge in [0.2, 0.25) is 0 Å². The van der Waals surface area contributed by atoms with Crippen LogP contribution in [0.15, 0.2) is 0 Å². The second kappa shape index (κ2) is 4.01. The fourth-order valence-corrected chi connectivity index (χ4v) is 1.51. The predicted octanol–water partition coefficient (Wildman–Crippen LogP) is 2.83. The first kappa shape index (κ1) is 12.9. The Labute approximate surface area is 91.7 Å². The van der Waals surface area contributed by atoms with Gasteiger partial charge in [-0.2, -0.15) is 4.89 Å². The van der Waals surface area contributed by atoms with Gasteiger partial charge in [0.1, 0.15) is 0 Å². The van der Waals surface area contributed by atoms with E-state index >= 15 is 0 Å². The lowest BCUT2D eigenvalue weighted by Crippen LogP contribution is -2.47. The van der Waals surface area contributed by atoms with Crippen LogP contribution in [0.25, 0.3) is 0 Å². The summed E-state index contributed by atoms with van der Waals surface area (Å²) >= 11 is 0. The highest BCUT2D eigenvalue weighted by atomic mass is 17.5. The first-order valence-corrected chi connectivity index (χ1v) is 5.34. The molecule has 0 radical (unpaired) electrons. The first-order chi connectivity index (χ1) is 6.66. The van der Waals surface area contributed by atoms with Gasteiger partial charge in [-0.05, 0) is 39.5 Å². The van der Waals surface area contributed by atoms with E-state index in [0.29, 0.717) is 6.61 Å². The van der Waals surface area contributed by atoms with Gasteiger partial charge in [-0.15, -0.1) is 0 Å². The Kier molecular flexibility index (Phi) is 3.45. The second-order valence-electron chi connectivity index (χ2n) is 5.62. The zero-order valence-electron chi connectivity index (χ0n) is 10.5. The minimum absolute atomic E-state index is 0.0126. The standard InChI is InChI=1S/C11H22O4/c1-9(2)7-8-12-15-14-11(5,6)13-10(9,3)4/h7-8H2,1-6H3. The Morgan fingerprint density at radius 1 is 0.933 bits per heavy atom. The SMILES string of the molecule is CC1(C)OOOCCC(C)(C)C(C)(C)O1. The van der Waals surface area contributed by atoms with E-state index in [1.807, 2.05) is 0 Å². The number of hydrogen-bond acceptors (Lipinski definition) is 4. The third kappa shape index (κ3) is 3.14. The van der Waals surface area contributed by atoms with E-state index in [4.69, 9.17) is 14.5 Å². The smallest absolute Gasteiger partial charge is 0.199 e. The largest absolute Gasteiger partial charge is 0.341 e. The van der Waals surface area contributed by atoms with Gasteiger partial charge in [0.15, 0.2) is 5.79 Å². The van der Waals surface area contributed by atoms with Crippen LogP contribution in [0, 0.1) is 5.41 Å². The monoisotopic (exact) mass is 218 g/mol. The average Bonchev–Trinajstić information content (AvgIpc) is 2.01. The summed E-state index contributed by atoms with van der Waals surface area (Å²) in [6.07, 6.45) is 0.847. The Morgan fingerprint density at radius 2 is 1.53 bits per heavy atom. The van der Waals surface area contributed by atoms with Gasteiger partial charge in [0, 0.05) is 0 Å². The summed E-state index contributed by atoms with van der Waals surface area (Å²) in [6.45, 7) is 12.5. The molecule has 0 spiro atoms. The molecule has 0 bridgehead atoms. The minimum Gasteiger partial charge on any atom is -0.341 e. The molecule has 90 valence electrons. The molecule has 1 heterocycles. The number of ether oxygens (including phenoxy) is 1. The molecule has 4 heteroatoms. The van der Waals surface area contributed by atoms with Crippen LogP contribution >= 0.6 is 0 Å². The van der Waals surface area contributed by atoms with Crippen molar-refractivity contribution in [2.24, 2.45) is 5.41 Å². The number of hydrogen-bond donors (Lipinski definition) is 0. The lowest BCUT2D eigenvalue weighted by atomic mass is 9.74. The summed E-state index contributed by atoms with van der Waals surface area (Å²) in [5, 5.41) is 4.63. The molecule has 1 fully saturated rings. The van der Waals surface area contributed by atoms with Gasteiger partial charge in [-0.1, -0.05) is 18.9 Å². The normalized spacial score (nSPS) is 30.0. The molecule has 1 saturated heterocycles. The molecule has 0 aromatic heterocycles. The molecule has 0 amide bonds. The maximum absolute atomic E-state index is 5.93. The summed E-state index contributed by atoms with van der Waals surface area (Å²) < 4.78 is 5.93. The van der Waals surface area contributed by atoms with Crippen LogP contribution in [-0.2, 0) is 19.6 Å². The topological polar surface area (TPSA) is 36.9 Å². The maximum atomic E-state index is 5.93. The van der Waals surface area contributed by atoms with Crippen molar-refractivity contribution >= 4 is 0 Å². The fourth-order valence-electron chi connectivity index (χ4n) is 1.51. The highest BCUT2D eigenvalue weighted by Crippen LogP contribution is 2.40. The van der Waals surface area contributed by atoms with Crippen LogP contribution < -0.4 is 0 Å². The zero-order valence-corrected chi connectivity index (χ0v) is 10.5. The first-order valence-electron chi connectivity index (χ1n) is 5.34. The Balaban J connectivity index is 2.87. The van der Waals surface area contributed by atoms with Gasteiger partial charge < -0.3 is 4.74 Å². The molecule has 4 nitrogen and oxygen atoms in total. The van der Waals surface area contributed by atoms with Crippen LogP contribution in [0.2, 0.25) is 0 Å². The number of rotatable bonds is 0. The van der Waals surface area contributed by atoms with Gasteiger partial charge in [0.25, 0.3) is 0 Å². The fraction of sp³-hybridized carbons (Fsp3) is 1.00. The van der Waals surface area contributed by atoms with Gasteiger partial charge in [0.05, 0.1) is 12.2 Å². The van der Waals surface area contributed by atoms with Crippen molar-refractivity contribution in [1.82, 2.24) is 0 Å². The summed E-state index contributed by atoms with van der Waals surface area (Å²) in [6, 6.07) is 0. The molecule has 1 aliphatic heterocycles. The molecule has 0 aromatic rings. The van der Waals surface area contributed by atoms with E-state index < -0.39 is 5.79 Å². The Hall–Kier alpha value is -0.160. The molecular weight excluding hydrogens is 196 g/mol. The zero-order chi connectivity index (χ0) is 11.7. The van der Waals surface area contributed by atoms with Crippen molar-refractivity contribution in [1.29, 1.82) is 0 Å². The van der Waals surface area contributed by atoms with Crippen molar-refractivity contribution in [3.05, 3.63) is 0 Å². The van der Waals surface area contributed by atoms with Gasteiger partial charge in [-0.25, -0.2) is 4.89 Å². The second-order valence-corrected chi connectivity index (χ2v) is 5.62. The molecular formula is C11H22O4. The van der Waals surface area contributed by atoms with Crippen molar-refractivity contribution in [3.8, 4) is 0 Å². The molecule has 0 aromatic carbocycles. The third-order valence-corrected chi connectivity index (χ3v) is 3.22. The molecule has 1 rings (SSSR count). The van der Waals surface area contributed by atoms with Crippen LogP contribution in [0.5, 0.6) is 0 Å². The quantitative estimate of drug-likeness (QED) is 0.586. The summed E-state index contributed by atoms with van der Waals surface area (Å²) in [5.41, 5.74) is -0.325. The molecule has 0 N–H and O–H groups in total. The minimum atomic E-state index is -0.814. The van der Waals surface area contributed by atoms with E-state index in [1.165, 1.54) is 0 Å². The van der Waals surface area contributed by atoms with E-state index in [-0.39, 0.29) is 11.0 Å². The van der Waals surface area contributed by atoms with Crippen molar-refractivity contribution < 1.29 is 19.6 Å². The molecule has 0 saturated carbocycles. The predicted molar refractivity (Wildman–Crippen MR) is 55.8 cm³/mol. The van der Waals surface area contributed by atoms with Gasteiger partial charge in [-0.3, -0.25) is 0 Å². The molecule has 0 aliphatic carbocycles. The highest BCUT2D eigenvalue weighted by molar-refractivity contribution is 4.88. The van der Waals surface area contributed by atoms with Crippen molar-refractivity contribution in [2.75, 3.05) is 6.61 Å². The molecule has 1 aliphatic rings. The van der Waals surface area contributed by atoms with Crippen molar-refractivity contribution in [3.63, 3.8) is 0 Å². The van der Waals surface area contributed by atoms with Crippen LogP contribution in [0.4, 0.5) is 0 Å². The van der Waals surface area contributed by atoms with Crippen molar-refractivity contribution in [2.45, 2.75) is 59.4 Å². The Morgan fingerprint density at radius 3 is 2.13 bits per heavy atom. The van der Waals surface area contributed by atoms with Crippen LogP contribution in [0.1, 0.15) is 48.0 Å². The van der Waals surface area contributed by atoms with E-state index in [0.717, 1.165) is 6.42 Å². The van der Waals surface area contributed by atoms with Gasteiger partial charge >= 0.3 is 0 Å². The highest BCUT2D eigenvalue weighted by Gasteiger charge is 2.43. The lowest BCUT2D eigenvalue weighted by Gasteiger charge is -2.44. The molecule has 0 atom stereocenters. The van der Waals surface area contributed by atoms with E-state index in [2.05, 4.69) is 32.7 Å². The van der Waals surface area contributed by atoms with Crippen LogP contribution in [-0.4, -0.2) is 18.0 Å². The maximum Gasteiger partial charge on any atom is 0.199 e. The molecule has 0 unspecified atom stereocenters. The Bertz CT molecular complexity index is 221. The summed E-state index contributed by atoms with van der Waals surface area (Å²) in [4.78, 5) is 9.95. The third-order valence-electron chi connectivity index (χ3n) is 3.22. The molecule has 15 heavy (non-hydrogen) atoms. The van der Waals surface area contributed by atoms with E-state index in [9.17, 15) is 0 Å². The van der Waals surface area contributed by atoms with E-state index in [1.54, 1.807) is 13.8 Å². The summed E-state index contributed by atoms with van der Waals surface area (Å²) in [7, 11) is 0. The van der Waals surface area contributed by atoms with Crippen LogP contribution in [0.3, 0.4) is 0 Å².